The van der Waals surface area contributed by atoms with Crippen LogP contribution in [-0.4, -0.2) is 24.1 Å². The zero-order valence-corrected chi connectivity index (χ0v) is 14.1. The third-order valence-electron chi connectivity index (χ3n) is 4.40. The molecule has 0 spiro atoms. The summed E-state index contributed by atoms with van der Waals surface area (Å²) in [5.74, 6) is -2.71. The zero-order valence-electron chi connectivity index (χ0n) is 13.3. The molecule has 1 aliphatic rings. The van der Waals surface area contributed by atoms with Crippen molar-refractivity contribution in [3.63, 3.8) is 0 Å². The van der Waals surface area contributed by atoms with E-state index in [2.05, 4.69) is 15.2 Å². The Kier molecular flexibility index (Phi) is 4.25. The molecule has 4 rings (SSSR count). The van der Waals surface area contributed by atoms with Crippen molar-refractivity contribution < 1.29 is 13.2 Å². The lowest BCUT2D eigenvalue weighted by Gasteiger charge is -2.32. The average molecular weight is 363 g/mol. The standard InChI is InChI=1S/C18H16F3N3S/c19-11-9-13(20)17(14(21)10-11)22-12-5-7-24(8-6-12)18-23-15-3-1-2-4-16(15)25-18/h1-4,9-10,12,22H,5-8H2. The molecule has 1 aromatic heterocycles. The number of hydrogen-bond acceptors (Lipinski definition) is 4. The van der Waals surface area contributed by atoms with E-state index in [1.807, 2.05) is 24.3 Å². The van der Waals surface area contributed by atoms with E-state index in [4.69, 9.17) is 0 Å². The molecule has 3 aromatic rings. The van der Waals surface area contributed by atoms with E-state index in [-0.39, 0.29) is 11.7 Å². The van der Waals surface area contributed by atoms with Crippen LogP contribution in [0.25, 0.3) is 10.2 Å². The Morgan fingerprint density at radius 2 is 1.72 bits per heavy atom. The Morgan fingerprint density at radius 1 is 1.04 bits per heavy atom. The number of rotatable bonds is 3. The van der Waals surface area contributed by atoms with E-state index in [0.717, 1.165) is 41.3 Å². The number of thiazole rings is 1. The van der Waals surface area contributed by atoms with Crippen LogP contribution in [0.15, 0.2) is 36.4 Å². The van der Waals surface area contributed by atoms with Gasteiger partial charge in [-0.15, -0.1) is 0 Å². The van der Waals surface area contributed by atoms with Gasteiger partial charge in [-0.2, -0.15) is 0 Å². The lowest BCUT2D eigenvalue weighted by molar-refractivity contribution is 0.508. The molecule has 1 saturated heterocycles. The average Bonchev–Trinajstić information content (AvgIpc) is 3.03. The second-order valence-electron chi connectivity index (χ2n) is 6.11. The van der Waals surface area contributed by atoms with Crippen molar-refractivity contribution in [1.29, 1.82) is 0 Å². The highest BCUT2D eigenvalue weighted by atomic mass is 32.1. The SMILES string of the molecule is Fc1cc(F)c(NC2CCN(c3nc4ccccc4s3)CC2)c(F)c1. The van der Waals surface area contributed by atoms with Crippen LogP contribution >= 0.6 is 11.3 Å². The van der Waals surface area contributed by atoms with Crippen molar-refractivity contribution in [1.82, 2.24) is 4.98 Å². The number of fused-ring (bicyclic) bond motifs is 1. The fourth-order valence-corrected chi connectivity index (χ4v) is 4.11. The first-order valence-corrected chi connectivity index (χ1v) is 8.93. The zero-order chi connectivity index (χ0) is 17.4. The Morgan fingerprint density at radius 3 is 2.40 bits per heavy atom. The lowest BCUT2D eigenvalue weighted by Crippen LogP contribution is -2.39. The first-order valence-electron chi connectivity index (χ1n) is 8.12. The van der Waals surface area contributed by atoms with Gasteiger partial charge in [-0.3, -0.25) is 0 Å². The maximum Gasteiger partial charge on any atom is 0.186 e. The monoisotopic (exact) mass is 363 g/mol. The molecule has 0 unspecified atom stereocenters. The van der Waals surface area contributed by atoms with E-state index in [1.165, 1.54) is 0 Å². The highest BCUT2D eigenvalue weighted by molar-refractivity contribution is 7.22. The number of para-hydroxylation sites is 1. The molecular formula is C18H16F3N3S. The second-order valence-corrected chi connectivity index (χ2v) is 7.12. The van der Waals surface area contributed by atoms with Gasteiger partial charge in [0.2, 0.25) is 0 Å². The normalized spacial score (nSPS) is 15.7. The molecule has 0 aliphatic carbocycles. The molecule has 25 heavy (non-hydrogen) atoms. The van der Waals surface area contributed by atoms with Gasteiger partial charge in [0, 0.05) is 31.3 Å². The molecule has 0 saturated carbocycles. The van der Waals surface area contributed by atoms with Crippen LogP contribution < -0.4 is 10.2 Å². The van der Waals surface area contributed by atoms with E-state index >= 15 is 0 Å². The largest absolute Gasteiger partial charge is 0.377 e. The van der Waals surface area contributed by atoms with Crippen LogP contribution in [-0.2, 0) is 0 Å². The predicted molar refractivity (Wildman–Crippen MR) is 94.8 cm³/mol. The van der Waals surface area contributed by atoms with Crippen LogP contribution in [0.5, 0.6) is 0 Å². The van der Waals surface area contributed by atoms with Gasteiger partial charge in [0.25, 0.3) is 0 Å². The number of piperidine rings is 1. The molecule has 1 N–H and O–H groups in total. The summed E-state index contributed by atoms with van der Waals surface area (Å²) in [6.45, 7) is 1.50. The molecular weight excluding hydrogens is 347 g/mol. The Labute approximate surface area is 147 Å². The first kappa shape index (κ1) is 16.2. The van der Waals surface area contributed by atoms with Crippen molar-refractivity contribution >= 4 is 32.4 Å². The highest BCUT2D eigenvalue weighted by Crippen LogP contribution is 2.31. The van der Waals surface area contributed by atoms with Crippen molar-refractivity contribution in [3.8, 4) is 0 Å². The third-order valence-corrected chi connectivity index (χ3v) is 5.50. The Balaban J connectivity index is 1.43. The number of hydrogen-bond donors (Lipinski definition) is 1. The minimum Gasteiger partial charge on any atom is -0.377 e. The van der Waals surface area contributed by atoms with Crippen LogP contribution in [0.1, 0.15) is 12.8 Å². The molecule has 2 aromatic carbocycles. The summed E-state index contributed by atoms with van der Waals surface area (Å²) in [4.78, 5) is 6.84. The van der Waals surface area contributed by atoms with Gasteiger partial charge in [-0.25, -0.2) is 18.2 Å². The van der Waals surface area contributed by atoms with Crippen LogP contribution in [0.4, 0.5) is 24.0 Å². The fraction of sp³-hybridized carbons (Fsp3) is 0.278. The summed E-state index contributed by atoms with van der Waals surface area (Å²) in [6, 6.07) is 9.33. The Hall–Kier alpha value is -2.28. The summed E-state index contributed by atoms with van der Waals surface area (Å²) in [5, 5.41) is 3.85. The molecule has 3 nitrogen and oxygen atoms in total. The number of nitrogens with zero attached hydrogens (tertiary/aromatic N) is 2. The molecule has 1 fully saturated rings. The topological polar surface area (TPSA) is 28.2 Å². The van der Waals surface area contributed by atoms with Crippen molar-refractivity contribution in [2.75, 3.05) is 23.3 Å². The first-order chi connectivity index (χ1) is 12.1. The molecule has 0 radical (unpaired) electrons. The Bertz CT molecular complexity index is 847. The van der Waals surface area contributed by atoms with Gasteiger partial charge < -0.3 is 10.2 Å². The number of anilines is 2. The smallest absolute Gasteiger partial charge is 0.186 e. The summed E-state index contributed by atoms with van der Waals surface area (Å²) in [7, 11) is 0. The maximum atomic E-state index is 13.8. The fourth-order valence-electron chi connectivity index (χ4n) is 3.09. The maximum absolute atomic E-state index is 13.8. The van der Waals surface area contributed by atoms with Gasteiger partial charge in [-0.05, 0) is 25.0 Å². The van der Waals surface area contributed by atoms with Crippen LogP contribution in [0.2, 0.25) is 0 Å². The van der Waals surface area contributed by atoms with Gasteiger partial charge in [0.15, 0.2) is 16.8 Å². The molecule has 0 atom stereocenters. The quantitative estimate of drug-likeness (QED) is 0.725. The van der Waals surface area contributed by atoms with Gasteiger partial charge in [0.05, 0.1) is 10.2 Å². The van der Waals surface area contributed by atoms with Crippen molar-refractivity contribution in [2.45, 2.75) is 18.9 Å². The van der Waals surface area contributed by atoms with E-state index < -0.39 is 17.5 Å². The number of halogens is 3. The van der Waals surface area contributed by atoms with E-state index in [1.54, 1.807) is 11.3 Å². The number of benzene rings is 2. The molecule has 0 amide bonds. The number of aromatic nitrogens is 1. The van der Waals surface area contributed by atoms with Crippen molar-refractivity contribution in [3.05, 3.63) is 53.8 Å². The molecule has 1 aliphatic heterocycles. The summed E-state index contributed by atoms with van der Waals surface area (Å²) < 4.78 is 41.7. The van der Waals surface area contributed by atoms with Gasteiger partial charge >= 0.3 is 0 Å². The minimum absolute atomic E-state index is 0.0555. The summed E-state index contributed by atoms with van der Waals surface area (Å²) in [6.07, 6.45) is 1.46. The highest BCUT2D eigenvalue weighted by Gasteiger charge is 2.23. The molecule has 0 bridgehead atoms. The summed E-state index contributed by atoms with van der Waals surface area (Å²) >= 11 is 1.65. The van der Waals surface area contributed by atoms with E-state index in [0.29, 0.717) is 12.1 Å². The lowest BCUT2D eigenvalue weighted by atomic mass is 10.0. The molecule has 130 valence electrons. The van der Waals surface area contributed by atoms with Crippen LogP contribution in [0, 0.1) is 17.5 Å². The molecule has 2 heterocycles. The predicted octanol–water partition coefficient (Wildman–Crippen LogP) is 4.79. The van der Waals surface area contributed by atoms with Crippen molar-refractivity contribution in [2.24, 2.45) is 0 Å². The van der Waals surface area contributed by atoms with Gasteiger partial charge in [-0.1, -0.05) is 23.5 Å². The molecule has 7 heteroatoms. The van der Waals surface area contributed by atoms with Crippen LogP contribution in [0.3, 0.4) is 0 Å². The third kappa shape index (κ3) is 3.28. The summed E-state index contributed by atoms with van der Waals surface area (Å²) in [5.41, 5.74) is 0.734. The minimum atomic E-state index is -0.911. The van der Waals surface area contributed by atoms with Gasteiger partial charge in [0.1, 0.15) is 11.5 Å². The second kappa shape index (κ2) is 6.55. The number of nitrogens with one attached hydrogen (secondary N) is 1. The van der Waals surface area contributed by atoms with E-state index in [9.17, 15) is 13.2 Å².